The molecule has 2 nitrogen and oxygen atoms in total. The largest absolute Gasteiger partial charge is 0.557 e. The van der Waals surface area contributed by atoms with Gasteiger partial charge in [-0.3, -0.25) is 0 Å². The molecule has 0 radical (unpaired) electrons. The smallest absolute Gasteiger partial charge is 0.480 e. The Morgan fingerprint density at radius 1 is 0.958 bits per heavy atom. The van der Waals surface area contributed by atoms with Gasteiger partial charge in [-0.05, 0) is 30.8 Å². The van der Waals surface area contributed by atoms with Crippen LogP contribution >= 0.6 is 33.2 Å². The highest BCUT2D eigenvalue weighted by Gasteiger charge is 2.33. The quantitative estimate of drug-likeness (QED) is 0.303. The van der Waals surface area contributed by atoms with E-state index >= 15 is 0 Å². The third-order valence-corrected chi connectivity index (χ3v) is 4.63. The zero-order valence-corrected chi connectivity index (χ0v) is 19.0. The van der Waals surface area contributed by atoms with E-state index in [1.165, 1.54) is 5.56 Å². The fourth-order valence-corrected chi connectivity index (χ4v) is 3.42. The first-order chi connectivity index (χ1) is 10.6. The fourth-order valence-electron chi connectivity index (χ4n) is 2.35. The van der Waals surface area contributed by atoms with Crippen LogP contribution in [0.2, 0.25) is 0 Å². The maximum atomic E-state index is 6.13. The van der Waals surface area contributed by atoms with Crippen molar-refractivity contribution >= 4 is 39.5 Å². The Bertz CT molecular complexity index is 586. The topological polar surface area (TPSA) is 18.5 Å². The molecule has 1 rings (SSSR count). The molecule has 0 spiro atoms. The van der Waals surface area contributed by atoms with Gasteiger partial charge < -0.3 is 9.16 Å². The summed E-state index contributed by atoms with van der Waals surface area (Å²) in [5.41, 5.74) is 3.19. The molecule has 0 fully saturated rings. The first kappa shape index (κ1) is 21.7. The van der Waals surface area contributed by atoms with Crippen LogP contribution in [0, 0.1) is 6.92 Å². The second kappa shape index (κ2) is 7.49. The summed E-state index contributed by atoms with van der Waals surface area (Å²) < 4.78 is 11.6. The van der Waals surface area contributed by atoms with Gasteiger partial charge in [0.1, 0.15) is 5.75 Å². The van der Waals surface area contributed by atoms with Gasteiger partial charge in [-0.25, -0.2) is 0 Å². The summed E-state index contributed by atoms with van der Waals surface area (Å²) in [7, 11) is 0. The maximum Gasteiger partial charge on any atom is 0.557 e. The number of benzene rings is 1. The Hall–Kier alpha value is -0.353. The van der Waals surface area contributed by atoms with E-state index in [4.69, 9.17) is 42.4 Å². The lowest BCUT2D eigenvalue weighted by molar-refractivity contribution is 0.224. The number of hydrogen-bond donors (Lipinski definition) is 0. The summed E-state index contributed by atoms with van der Waals surface area (Å²) in [5.74, 6) is 0.999. The van der Waals surface area contributed by atoms with Crippen molar-refractivity contribution in [1.29, 1.82) is 0 Å². The van der Waals surface area contributed by atoms with E-state index in [-0.39, 0.29) is 16.8 Å². The molecular formula is C18H27Cl3O2Si. The monoisotopic (exact) mass is 408 g/mol. The standard InChI is InChI=1S/C18H27Cl3O2Si/c1-9-15(23-24(19,20)21)22-16-13(17(3,4)5)10-12(2)11-14(16)18(6,7)8/h9-11H,1-8H3/b15-9-. The summed E-state index contributed by atoms with van der Waals surface area (Å²) in [5, 5.41) is 0. The number of aryl methyl sites for hydroxylation is 1. The second-order valence-electron chi connectivity index (χ2n) is 7.95. The maximum absolute atomic E-state index is 6.13. The van der Waals surface area contributed by atoms with E-state index in [1.54, 1.807) is 13.0 Å². The molecule has 0 aromatic heterocycles. The lowest BCUT2D eigenvalue weighted by atomic mass is 9.78. The molecule has 1 aromatic rings. The van der Waals surface area contributed by atoms with Gasteiger partial charge in [0, 0.05) is 11.1 Å². The van der Waals surface area contributed by atoms with Crippen molar-refractivity contribution in [3.8, 4) is 5.75 Å². The lowest BCUT2D eigenvalue weighted by Crippen LogP contribution is -2.23. The Labute approximate surface area is 161 Å². The van der Waals surface area contributed by atoms with Gasteiger partial charge in [0.2, 0.25) is 0 Å². The van der Waals surface area contributed by atoms with Crippen LogP contribution < -0.4 is 4.74 Å². The van der Waals surface area contributed by atoms with Crippen molar-refractivity contribution in [3.63, 3.8) is 0 Å². The van der Waals surface area contributed by atoms with Crippen LogP contribution in [0.4, 0.5) is 0 Å². The van der Waals surface area contributed by atoms with Crippen LogP contribution in [0.15, 0.2) is 24.2 Å². The predicted molar refractivity (Wildman–Crippen MR) is 107 cm³/mol. The van der Waals surface area contributed by atoms with Gasteiger partial charge in [0.05, 0.1) is 0 Å². The van der Waals surface area contributed by atoms with Gasteiger partial charge in [-0.15, -0.1) is 0 Å². The Morgan fingerprint density at radius 3 is 1.67 bits per heavy atom. The molecule has 0 amide bonds. The van der Waals surface area contributed by atoms with Gasteiger partial charge in [0.25, 0.3) is 5.95 Å². The van der Waals surface area contributed by atoms with Gasteiger partial charge in [-0.1, -0.05) is 92.5 Å². The molecule has 6 heteroatoms. The van der Waals surface area contributed by atoms with Gasteiger partial charge in [0.15, 0.2) is 0 Å². The van der Waals surface area contributed by atoms with Gasteiger partial charge in [-0.2, -0.15) is 0 Å². The summed E-state index contributed by atoms with van der Waals surface area (Å²) >= 11 is 17.7. The average Bonchev–Trinajstić information content (AvgIpc) is 2.35. The second-order valence-corrected chi connectivity index (χ2v) is 15.6. The summed E-state index contributed by atoms with van der Waals surface area (Å²) in [6, 6.07) is 4.29. The molecule has 0 N–H and O–H groups in total. The Balaban J connectivity index is 3.53. The van der Waals surface area contributed by atoms with Crippen molar-refractivity contribution in [3.05, 3.63) is 40.8 Å². The Morgan fingerprint density at radius 2 is 1.38 bits per heavy atom. The summed E-state index contributed by atoms with van der Waals surface area (Å²) in [6.45, 7) is 16.8. The number of hydrogen-bond acceptors (Lipinski definition) is 2. The highest BCUT2D eigenvalue weighted by Crippen LogP contribution is 2.42. The van der Waals surface area contributed by atoms with Crippen molar-refractivity contribution in [2.75, 3.05) is 0 Å². The van der Waals surface area contributed by atoms with Gasteiger partial charge >= 0.3 is 6.25 Å². The number of rotatable bonds is 4. The van der Waals surface area contributed by atoms with E-state index in [9.17, 15) is 0 Å². The molecule has 0 bridgehead atoms. The number of allylic oxidation sites excluding steroid dienone is 1. The lowest BCUT2D eigenvalue weighted by Gasteiger charge is -2.30. The molecule has 0 atom stereocenters. The van der Waals surface area contributed by atoms with Crippen molar-refractivity contribution < 1.29 is 9.16 Å². The first-order valence-electron chi connectivity index (χ1n) is 7.90. The fraction of sp³-hybridized carbons (Fsp3) is 0.556. The molecule has 0 unspecified atom stereocenters. The SMILES string of the molecule is C/C=C(/Oc1c(C(C)(C)C)cc(C)cc1C(C)(C)C)O[Si](Cl)(Cl)Cl. The van der Waals surface area contributed by atoms with Crippen LogP contribution in [0.5, 0.6) is 5.75 Å². The van der Waals surface area contributed by atoms with Crippen molar-refractivity contribution in [2.24, 2.45) is 0 Å². The molecule has 136 valence electrons. The Kier molecular flexibility index (Phi) is 6.77. The van der Waals surface area contributed by atoms with E-state index in [0.717, 1.165) is 16.9 Å². The third-order valence-electron chi connectivity index (χ3n) is 3.50. The molecule has 0 aliphatic rings. The van der Waals surface area contributed by atoms with Crippen molar-refractivity contribution in [2.45, 2.75) is 66.2 Å². The van der Waals surface area contributed by atoms with Crippen LogP contribution in [0.3, 0.4) is 0 Å². The zero-order chi connectivity index (χ0) is 18.9. The number of ether oxygens (including phenoxy) is 1. The molecule has 0 aliphatic carbocycles. The molecule has 24 heavy (non-hydrogen) atoms. The van der Waals surface area contributed by atoms with Crippen LogP contribution in [-0.4, -0.2) is 6.25 Å². The molecule has 0 saturated carbocycles. The third kappa shape index (κ3) is 6.18. The molecule has 0 aliphatic heterocycles. The van der Waals surface area contributed by atoms with E-state index in [1.807, 2.05) is 0 Å². The first-order valence-corrected chi connectivity index (χ1v) is 12.8. The zero-order valence-electron chi connectivity index (χ0n) is 15.7. The highest BCUT2D eigenvalue weighted by atomic mass is 35.8. The normalized spacial score (nSPS) is 13.9. The summed E-state index contributed by atoms with van der Waals surface area (Å²) in [6.07, 6.45) is -1.63. The minimum atomic E-state index is -3.31. The van der Waals surface area contributed by atoms with Crippen molar-refractivity contribution in [1.82, 2.24) is 0 Å². The van der Waals surface area contributed by atoms with Crippen LogP contribution in [-0.2, 0) is 15.3 Å². The van der Waals surface area contributed by atoms with Crippen LogP contribution in [0.1, 0.15) is 65.2 Å². The minimum Gasteiger partial charge on any atom is -0.480 e. The van der Waals surface area contributed by atoms with E-state index < -0.39 is 6.25 Å². The van der Waals surface area contributed by atoms with Crippen LogP contribution in [0.25, 0.3) is 0 Å². The van der Waals surface area contributed by atoms with E-state index in [2.05, 4.69) is 60.6 Å². The summed E-state index contributed by atoms with van der Waals surface area (Å²) in [4.78, 5) is 0. The molecular weight excluding hydrogens is 383 g/mol. The minimum absolute atomic E-state index is 0.0996. The number of halogens is 3. The molecule has 1 aromatic carbocycles. The molecule has 0 heterocycles. The predicted octanol–water partition coefficient (Wildman–Crippen LogP) is 7.00. The average molecular weight is 410 g/mol. The van der Waals surface area contributed by atoms with E-state index in [0.29, 0.717) is 0 Å². The molecule has 0 saturated heterocycles. The highest BCUT2D eigenvalue weighted by molar-refractivity contribution is 7.62.